The maximum absolute atomic E-state index is 6.05. The second-order valence-corrected chi connectivity index (χ2v) is 5.64. The summed E-state index contributed by atoms with van der Waals surface area (Å²) in [4.78, 5) is 0. The van der Waals surface area contributed by atoms with Crippen molar-refractivity contribution in [1.82, 2.24) is 0 Å². The van der Waals surface area contributed by atoms with Crippen molar-refractivity contribution in [2.45, 2.75) is 32.2 Å². The van der Waals surface area contributed by atoms with E-state index < -0.39 is 0 Å². The summed E-state index contributed by atoms with van der Waals surface area (Å²) >= 11 is 3.59. The van der Waals surface area contributed by atoms with Gasteiger partial charge < -0.3 is 10.5 Å². The lowest BCUT2D eigenvalue weighted by Crippen LogP contribution is -2.29. The van der Waals surface area contributed by atoms with Crippen molar-refractivity contribution in [3.05, 3.63) is 28.2 Å². The van der Waals surface area contributed by atoms with Crippen LogP contribution in [-0.2, 0) is 6.42 Å². The van der Waals surface area contributed by atoms with E-state index in [2.05, 4.69) is 28.9 Å². The molecule has 1 unspecified atom stereocenters. The van der Waals surface area contributed by atoms with Crippen LogP contribution >= 0.6 is 15.9 Å². The lowest BCUT2D eigenvalue weighted by molar-refractivity contribution is 0.405. The van der Waals surface area contributed by atoms with Crippen LogP contribution in [0.5, 0.6) is 5.75 Å². The van der Waals surface area contributed by atoms with Crippen molar-refractivity contribution < 1.29 is 4.74 Å². The van der Waals surface area contributed by atoms with Gasteiger partial charge in [-0.15, -0.1) is 0 Å². The van der Waals surface area contributed by atoms with Crippen molar-refractivity contribution in [3.8, 4) is 5.75 Å². The van der Waals surface area contributed by atoms with Gasteiger partial charge in [-0.25, -0.2) is 0 Å². The van der Waals surface area contributed by atoms with E-state index in [0.29, 0.717) is 5.41 Å². The number of nitrogens with two attached hydrogens (primary N) is 1. The molecule has 2 nitrogen and oxygen atoms in total. The smallest absolute Gasteiger partial charge is 0.119 e. The van der Waals surface area contributed by atoms with Gasteiger partial charge in [0.2, 0.25) is 0 Å². The van der Waals surface area contributed by atoms with E-state index >= 15 is 0 Å². The quantitative estimate of drug-likeness (QED) is 0.922. The van der Waals surface area contributed by atoms with Crippen LogP contribution in [0.15, 0.2) is 22.7 Å². The van der Waals surface area contributed by atoms with Crippen molar-refractivity contribution in [2.75, 3.05) is 7.11 Å². The largest absolute Gasteiger partial charge is 0.497 e. The molecule has 1 saturated carbocycles. The molecule has 1 aromatic rings. The summed E-state index contributed by atoms with van der Waals surface area (Å²) in [5, 5.41) is 0. The van der Waals surface area contributed by atoms with Gasteiger partial charge in [-0.05, 0) is 55.4 Å². The molecule has 2 rings (SSSR count). The standard InChI is InChI=1S/C13H18BrNO/c1-9(15)13(5-6-13)8-10-7-11(16-2)3-4-12(10)14/h3-4,7,9H,5-6,8,15H2,1-2H3. The number of halogens is 1. The Morgan fingerprint density at radius 3 is 2.69 bits per heavy atom. The molecule has 3 heteroatoms. The van der Waals surface area contributed by atoms with Crippen LogP contribution in [0.25, 0.3) is 0 Å². The monoisotopic (exact) mass is 283 g/mol. The van der Waals surface area contributed by atoms with Crippen molar-refractivity contribution in [2.24, 2.45) is 11.1 Å². The van der Waals surface area contributed by atoms with Gasteiger partial charge >= 0.3 is 0 Å². The first kappa shape index (κ1) is 11.9. The first-order valence-electron chi connectivity index (χ1n) is 5.65. The highest BCUT2D eigenvalue weighted by Crippen LogP contribution is 2.51. The third kappa shape index (κ3) is 2.25. The summed E-state index contributed by atoms with van der Waals surface area (Å²) in [6, 6.07) is 6.39. The van der Waals surface area contributed by atoms with Gasteiger partial charge in [0.05, 0.1) is 7.11 Å². The van der Waals surface area contributed by atoms with Gasteiger partial charge in [-0.2, -0.15) is 0 Å². The predicted octanol–water partition coefficient (Wildman–Crippen LogP) is 3.13. The highest BCUT2D eigenvalue weighted by atomic mass is 79.9. The molecular formula is C13H18BrNO. The Balaban J connectivity index is 2.21. The van der Waals surface area contributed by atoms with Crippen LogP contribution in [0.4, 0.5) is 0 Å². The lowest BCUT2D eigenvalue weighted by atomic mass is 9.90. The first-order chi connectivity index (χ1) is 7.57. The van der Waals surface area contributed by atoms with Crippen LogP contribution in [-0.4, -0.2) is 13.2 Å². The van der Waals surface area contributed by atoms with Crippen LogP contribution in [0.2, 0.25) is 0 Å². The van der Waals surface area contributed by atoms with Crippen LogP contribution < -0.4 is 10.5 Å². The molecule has 2 N–H and O–H groups in total. The molecule has 1 aromatic carbocycles. The molecule has 0 bridgehead atoms. The fourth-order valence-corrected chi connectivity index (χ4v) is 2.53. The van der Waals surface area contributed by atoms with Crippen molar-refractivity contribution >= 4 is 15.9 Å². The lowest BCUT2D eigenvalue weighted by Gasteiger charge is -2.20. The molecule has 1 aliphatic rings. The third-order valence-corrected chi connectivity index (χ3v) is 4.43. The van der Waals surface area contributed by atoms with Gasteiger partial charge in [0.25, 0.3) is 0 Å². The number of ether oxygens (including phenoxy) is 1. The Hall–Kier alpha value is -0.540. The number of hydrogen-bond donors (Lipinski definition) is 1. The van der Waals surface area contributed by atoms with Gasteiger partial charge in [-0.1, -0.05) is 15.9 Å². The zero-order chi connectivity index (χ0) is 11.8. The maximum atomic E-state index is 6.05. The number of benzene rings is 1. The second kappa shape index (κ2) is 4.38. The normalized spacial score (nSPS) is 19.2. The van der Waals surface area contributed by atoms with Crippen molar-refractivity contribution in [1.29, 1.82) is 0 Å². The molecule has 1 fully saturated rings. The summed E-state index contributed by atoms with van der Waals surface area (Å²) in [5.74, 6) is 0.915. The van der Waals surface area contributed by atoms with E-state index in [-0.39, 0.29) is 6.04 Å². The summed E-state index contributed by atoms with van der Waals surface area (Å²) < 4.78 is 6.41. The van der Waals surface area contributed by atoms with Crippen LogP contribution in [0.1, 0.15) is 25.3 Å². The van der Waals surface area contributed by atoms with Crippen molar-refractivity contribution in [3.63, 3.8) is 0 Å². The molecule has 0 radical (unpaired) electrons. The Morgan fingerprint density at radius 2 is 2.19 bits per heavy atom. The van der Waals surface area contributed by atoms with Gasteiger partial charge in [-0.3, -0.25) is 0 Å². The van der Waals surface area contributed by atoms with E-state index in [0.717, 1.165) is 16.6 Å². The highest BCUT2D eigenvalue weighted by molar-refractivity contribution is 9.10. The maximum Gasteiger partial charge on any atom is 0.119 e. The molecule has 1 aliphatic carbocycles. The fourth-order valence-electron chi connectivity index (χ4n) is 2.15. The fraction of sp³-hybridized carbons (Fsp3) is 0.538. The first-order valence-corrected chi connectivity index (χ1v) is 6.45. The van der Waals surface area contributed by atoms with E-state index in [1.807, 2.05) is 12.1 Å². The molecule has 88 valence electrons. The highest BCUT2D eigenvalue weighted by Gasteiger charge is 2.45. The van der Waals surface area contributed by atoms with Gasteiger partial charge in [0, 0.05) is 10.5 Å². The minimum atomic E-state index is 0.269. The summed E-state index contributed by atoms with van der Waals surface area (Å²) in [6.07, 6.45) is 3.53. The number of methoxy groups -OCH3 is 1. The molecule has 0 aromatic heterocycles. The number of hydrogen-bond acceptors (Lipinski definition) is 2. The molecule has 0 saturated heterocycles. The topological polar surface area (TPSA) is 35.2 Å². The summed E-state index contributed by atoms with van der Waals surface area (Å²) in [6.45, 7) is 2.11. The molecule has 0 spiro atoms. The molecule has 1 atom stereocenters. The second-order valence-electron chi connectivity index (χ2n) is 4.79. The number of rotatable bonds is 4. The third-order valence-electron chi connectivity index (χ3n) is 3.65. The molecule has 0 heterocycles. The van der Waals surface area contributed by atoms with E-state index in [1.165, 1.54) is 18.4 Å². The minimum Gasteiger partial charge on any atom is -0.497 e. The molecule has 0 amide bonds. The van der Waals surface area contributed by atoms with Gasteiger partial charge in [0.15, 0.2) is 0 Å². The van der Waals surface area contributed by atoms with E-state index in [1.54, 1.807) is 7.11 Å². The Labute approximate surface area is 105 Å². The van der Waals surface area contributed by atoms with Crippen LogP contribution in [0.3, 0.4) is 0 Å². The summed E-state index contributed by atoms with van der Waals surface area (Å²) in [7, 11) is 1.70. The SMILES string of the molecule is COc1ccc(Br)c(CC2(C(C)N)CC2)c1. The van der Waals surface area contributed by atoms with Crippen LogP contribution in [0, 0.1) is 5.41 Å². The molecule has 0 aliphatic heterocycles. The predicted molar refractivity (Wildman–Crippen MR) is 69.7 cm³/mol. The molecule has 16 heavy (non-hydrogen) atoms. The minimum absolute atomic E-state index is 0.269. The van der Waals surface area contributed by atoms with E-state index in [4.69, 9.17) is 10.5 Å². The Kier molecular flexibility index (Phi) is 3.27. The summed E-state index contributed by atoms with van der Waals surface area (Å²) in [5.41, 5.74) is 7.68. The zero-order valence-electron chi connectivity index (χ0n) is 9.79. The zero-order valence-corrected chi connectivity index (χ0v) is 11.4. The average Bonchev–Trinajstić information content (AvgIpc) is 3.02. The van der Waals surface area contributed by atoms with Gasteiger partial charge in [0.1, 0.15) is 5.75 Å². The average molecular weight is 284 g/mol. The molecular weight excluding hydrogens is 266 g/mol. The Bertz CT molecular complexity index is 386. The Morgan fingerprint density at radius 1 is 1.50 bits per heavy atom. The van der Waals surface area contributed by atoms with E-state index in [9.17, 15) is 0 Å².